The van der Waals surface area contributed by atoms with Gasteiger partial charge in [-0.15, -0.1) is 0 Å². The summed E-state index contributed by atoms with van der Waals surface area (Å²) >= 11 is 0. The Kier molecular flexibility index (Phi) is 6.98. The fourth-order valence-corrected chi connectivity index (χ4v) is 4.92. The van der Waals surface area contributed by atoms with Gasteiger partial charge in [-0.2, -0.15) is 5.26 Å². The van der Waals surface area contributed by atoms with Gasteiger partial charge in [0.1, 0.15) is 18.0 Å². The number of amides is 2. The van der Waals surface area contributed by atoms with Gasteiger partial charge >= 0.3 is 12.2 Å². The molecule has 3 aliphatic heterocycles. The SMILES string of the molecule is CCCCOC(=O)N1C2CCC1CC(OC(=O)N1CC[C@@H](Nc3ccc(C#N)cn3)C1)C2. The van der Waals surface area contributed by atoms with Crippen molar-refractivity contribution in [3.8, 4) is 6.07 Å². The van der Waals surface area contributed by atoms with Gasteiger partial charge in [0.15, 0.2) is 0 Å². The zero-order chi connectivity index (χ0) is 22.5. The van der Waals surface area contributed by atoms with Crippen molar-refractivity contribution >= 4 is 18.0 Å². The van der Waals surface area contributed by atoms with Crippen LogP contribution in [0.2, 0.25) is 0 Å². The lowest BCUT2D eigenvalue weighted by Crippen LogP contribution is -2.49. The summed E-state index contributed by atoms with van der Waals surface area (Å²) in [7, 11) is 0. The van der Waals surface area contributed by atoms with E-state index < -0.39 is 0 Å². The molecule has 4 heterocycles. The molecule has 2 amide bonds. The normalized spacial score (nSPS) is 26.5. The van der Waals surface area contributed by atoms with E-state index in [9.17, 15) is 9.59 Å². The summed E-state index contributed by atoms with van der Waals surface area (Å²) in [6, 6.07) is 5.83. The van der Waals surface area contributed by atoms with Crippen LogP contribution >= 0.6 is 0 Å². The van der Waals surface area contributed by atoms with Crippen molar-refractivity contribution in [3.63, 3.8) is 0 Å². The predicted octanol–water partition coefficient (Wildman–Crippen LogP) is 3.51. The van der Waals surface area contributed by atoms with E-state index in [1.165, 1.54) is 6.20 Å². The number of likely N-dealkylation sites (tertiary alicyclic amines) is 1. The smallest absolute Gasteiger partial charge is 0.410 e. The van der Waals surface area contributed by atoms with Crippen LogP contribution in [0.25, 0.3) is 0 Å². The summed E-state index contributed by atoms with van der Waals surface area (Å²) in [5.74, 6) is 0.694. The number of fused-ring (bicyclic) bond motifs is 2. The Morgan fingerprint density at radius 1 is 1.22 bits per heavy atom. The molecular weight excluding hydrogens is 410 g/mol. The van der Waals surface area contributed by atoms with Gasteiger partial charge in [-0.3, -0.25) is 0 Å². The lowest BCUT2D eigenvalue weighted by Gasteiger charge is -2.38. The van der Waals surface area contributed by atoms with Gasteiger partial charge in [0.05, 0.1) is 12.2 Å². The molecule has 1 N–H and O–H groups in total. The van der Waals surface area contributed by atoms with Crippen LogP contribution in [0.4, 0.5) is 15.4 Å². The van der Waals surface area contributed by atoms with Crippen LogP contribution in [0.3, 0.4) is 0 Å². The molecule has 3 fully saturated rings. The first kappa shape index (κ1) is 22.2. The molecule has 0 aliphatic carbocycles. The zero-order valence-corrected chi connectivity index (χ0v) is 18.5. The molecule has 2 unspecified atom stereocenters. The lowest BCUT2D eigenvalue weighted by molar-refractivity contribution is 0.00292. The molecule has 3 saturated heterocycles. The number of rotatable bonds is 6. The Labute approximate surface area is 188 Å². The summed E-state index contributed by atoms with van der Waals surface area (Å²) in [4.78, 5) is 33.0. The average Bonchev–Trinajstić information content (AvgIpc) is 3.37. The van der Waals surface area contributed by atoms with Crippen LogP contribution in [-0.2, 0) is 9.47 Å². The fraction of sp³-hybridized carbons (Fsp3) is 0.652. The molecule has 32 heavy (non-hydrogen) atoms. The minimum Gasteiger partial charge on any atom is -0.449 e. The van der Waals surface area contributed by atoms with E-state index in [0.717, 1.165) is 32.1 Å². The van der Waals surface area contributed by atoms with Crippen LogP contribution in [-0.4, -0.2) is 70.9 Å². The summed E-state index contributed by atoms with van der Waals surface area (Å²) in [5, 5.41) is 12.2. The highest BCUT2D eigenvalue weighted by Crippen LogP contribution is 2.37. The highest BCUT2D eigenvalue weighted by Gasteiger charge is 2.45. The molecule has 0 radical (unpaired) electrons. The molecule has 0 aromatic carbocycles. The largest absolute Gasteiger partial charge is 0.449 e. The Hall–Kier alpha value is -3.02. The Morgan fingerprint density at radius 3 is 2.66 bits per heavy atom. The molecule has 0 saturated carbocycles. The van der Waals surface area contributed by atoms with Gasteiger partial charge in [0, 0.05) is 50.3 Å². The summed E-state index contributed by atoms with van der Waals surface area (Å²) in [6.45, 7) is 3.71. The van der Waals surface area contributed by atoms with Gasteiger partial charge in [0.2, 0.25) is 0 Å². The average molecular weight is 442 g/mol. The van der Waals surface area contributed by atoms with Gasteiger partial charge in [-0.25, -0.2) is 14.6 Å². The number of nitrogens with one attached hydrogen (secondary N) is 1. The molecule has 0 spiro atoms. The molecule has 4 rings (SSSR count). The van der Waals surface area contributed by atoms with Crippen LogP contribution in [0.1, 0.15) is 57.4 Å². The molecule has 9 heteroatoms. The first-order chi connectivity index (χ1) is 15.6. The monoisotopic (exact) mass is 441 g/mol. The number of ether oxygens (including phenoxy) is 2. The van der Waals surface area contributed by atoms with Crippen molar-refractivity contribution in [2.75, 3.05) is 25.0 Å². The highest BCUT2D eigenvalue weighted by atomic mass is 16.6. The summed E-state index contributed by atoms with van der Waals surface area (Å²) in [6.07, 6.45) is 6.78. The van der Waals surface area contributed by atoms with Gasteiger partial charge in [-0.05, 0) is 37.8 Å². The number of piperidine rings is 1. The maximum atomic E-state index is 12.7. The summed E-state index contributed by atoms with van der Waals surface area (Å²) < 4.78 is 11.3. The van der Waals surface area contributed by atoms with E-state index in [1.54, 1.807) is 17.0 Å². The number of unbranched alkanes of at least 4 members (excludes halogenated alkanes) is 1. The molecule has 3 aliphatic rings. The third-order valence-electron chi connectivity index (χ3n) is 6.58. The number of hydrogen-bond donors (Lipinski definition) is 1. The minimum atomic E-state index is -0.287. The van der Waals surface area contributed by atoms with E-state index in [0.29, 0.717) is 43.9 Å². The number of hydrogen-bond acceptors (Lipinski definition) is 7. The minimum absolute atomic E-state index is 0.0936. The number of carbonyl (C=O) groups is 2. The number of nitriles is 1. The van der Waals surface area contributed by atoms with Crippen molar-refractivity contribution in [2.45, 2.75) is 76.1 Å². The molecular formula is C23H31N5O4. The van der Waals surface area contributed by atoms with Crippen molar-refractivity contribution < 1.29 is 19.1 Å². The van der Waals surface area contributed by atoms with Crippen molar-refractivity contribution in [1.29, 1.82) is 5.26 Å². The Morgan fingerprint density at radius 2 is 2.00 bits per heavy atom. The summed E-state index contributed by atoms with van der Waals surface area (Å²) in [5.41, 5.74) is 0.515. The van der Waals surface area contributed by atoms with Crippen LogP contribution < -0.4 is 5.32 Å². The third kappa shape index (κ3) is 5.06. The quantitative estimate of drug-likeness (QED) is 0.673. The second-order valence-electron chi connectivity index (χ2n) is 8.86. The first-order valence-corrected chi connectivity index (χ1v) is 11.6. The van der Waals surface area contributed by atoms with Crippen LogP contribution in [0.15, 0.2) is 18.3 Å². The molecule has 9 nitrogen and oxygen atoms in total. The lowest BCUT2D eigenvalue weighted by atomic mass is 10.0. The number of aromatic nitrogens is 1. The second kappa shape index (κ2) is 10.1. The van der Waals surface area contributed by atoms with Gasteiger partial charge in [-0.1, -0.05) is 13.3 Å². The number of anilines is 1. The van der Waals surface area contributed by atoms with E-state index in [2.05, 4.69) is 23.3 Å². The van der Waals surface area contributed by atoms with Crippen LogP contribution in [0, 0.1) is 11.3 Å². The number of carbonyl (C=O) groups excluding carboxylic acids is 2. The Bertz CT molecular complexity index is 841. The fourth-order valence-electron chi connectivity index (χ4n) is 4.92. The van der Waals surface area contributed by atoms with E-state index >= 15 is 0 Å². The topological polar surface area (TPSA) is 108 Å². The second-order valence-corrected chi connectivity index (χ2v) is 8.86. The maximum Gasteiger partial charge on any atom is 0.410 e. The van der Waals surface area contributed by atoms with E-state index in [4.69, 9.17) is 14.7 Å². The molecule has 1 aromatic rings. The van der Waals surface area contributed by atoms with Crippen LogP contribution in [0.5, 0.6) is 0 Å². The van der Waals surface area contributed by atoms with E-state index in [1.807, 2.05) is 4.90 Å². The zero-order valence-electron chi connectivity index (χ0n) is 18.5. The third-order valence-corrected chi connectivity index (χ3v) is 6.58. The maximum absolute atomic E-state index is 12.7. The van der Waals surface area contributed by atoms with Gasteiger partial charge < -0.3 is 24.6 Å². The van der Waals surface area contributed by atoms with Crippen molar-refractivity contribution in [1.82, 2.24) is 14.8 Å². The van der Waals surface area contributed by atoms with Crippen molar-refractivity contribution in [3.05, 3.63) is 23.9 Å². The first-order valence-electron chi connectivity index (χ1n) is 11.6. The molecule has 1 aromatic heterocycles. The predicted molar refractivity (Wildman–Crippen MR) is 117 cm³/mol. The molecule has 3 atom stereocenters. The number of pyridine rings is 1. The van der Waals surface area contributed by atoms with E-state index in [-0.39, 0.29) is 36.4 Å². The van der Waals surface area contributed by atoms with Gasteiger partial charge in [0.25, 0.3) is 0 Å². The Balaban J connectivity index is 1.24. The standard InChI is InChI=1S/C23H31N5O4/c1-2-3-10-31-23(30)28-18-5-6-19(28)12-20(11-18)32-22(29)27-9-8-17(15-27)26-21-7-4-16(13-24)14-25-21/h4,7,14,17-20H,2-3,5-6,8-12,15H2,1H3,(H,25,26)/t17-,18?,19?,20?/m1/s1. The molecule has 172 valence electrons. The van der Waals surface area contributed by atoms with Crippen molar-refractivity contribution in [2.24, 2.45) is 0 Å². The highest BCUT2D eigenvalue weighted by molar-refractivity contribution is 5.70. The molecule has 2 bridgehead atoms. The number of nitrogens with zero attached hydrogens (tertiary/aromatic N) is 4.